The largest absolute Gasteiger partial charge is 0.478 e. The van der Waals surface area contributed by atoms with Crippen molar-refractivity contribution in [3.8, 4) is 0 Å². The van der Waals surface area contributed by atoms with Crippen LogP contribution in [0.1, 0.15) is 10.4 Å². The number of oxazole rings is 1. The fourth-order valence-corrected chi connectivity index (χ4v) is 3.08. The highest BCUT2D eigenvalue weighted by molar-refractivity contribution is 9.10. The van der Waals surface area contributed by atoms with Crippen LogP contribution in [0.4, 0.5) is 0 Å². The molecular weight excluding hydrogens is 342 g/mol. The van der Waals surface area contributed by atoms with Crippen molar-refractivity contribution in [3.05, 3.63) is 52.5 Å². The van der Waals surface area contributed by atoms with E-state index >= 15 is 0 Å². The van der Waals surface area contributed by atoms with E-state index in [0.717, 1.165) is 16.0 Å². The molecule has 1 N–H and O–H groups in total. The van der Waals surface area contributed by atoms with Crippen molar-refractivity contribution in [2.75, 3.05) is 0 Å². The number of hydrogen-bond donors (Lipinski definition) is 1. The fraction of sp³-hybridized carbons (Fsp3) is 0. The average molecular weight is 350 g/mol. The van der Waals surface area contributed by atoms with Crippen molar-refractivity contribution in [1.82, 2.24) is 4.98 Å². The molecule has 0 spiro atoms. The summed E-state index contributed by atoms with van der Waals surface area (Å²) < 4.78 is 6.32. The van der Waals surface area contributed by atoms with Crippen molar-refractivity contribution in [2.45, 2.75) is 10.1 Å². The molecule has 6 heteroatoms. The van der Waals surface area contributed by atoms with Crippen molar-refractivity contribution < 1.29 is 14.3 Å². The lowest BCUT2D eigenvalue weighted by Crippen LogP contribution is -1.95. The molecule has 3 aromatic rings. The molecular formula is C14H8BrNO3S. The number of halogens is 1. The summed E-state index contributed by atoms with van der Waals surface area (Å²) >= 11 is 4.71. The van der Waals surface area contributed by atoms with Crippen LogP contribution in [-0.2, 0) is 0 Å². The molecule has 3 rings (SSSR count). The zero-order valence-corrected chi connectivity index (χ0v) is 12.4. The van der Waals surface area contributed by atoms with Crippen LogP contribution >= 0.6 is 27.7 Å². The lowest BCUT2D eigenvalue weighted by Gasteiger charge is -2.02. The van der Waals surface area contributed by atoms with Gasteiger partial charge in [0.05, 0.1) is 5.56 Å². The Labute approximate surface area is 126 Å². The lowest BCUT2D eigenvalue weighted by atomic mass is 10.2. The Hall–Kier alpha value is -1.79. The van der Waals surface area contributed by atoms with Crippen molar-refractivity contribution in [2.24, 2.45) is 0 Å². The molecule has 100 valence electrons. The molecule has 1 heterocycles. The molecule has 1 aromatic heterocycles. The molecule has 0 atom stereocenters. The van der Waals surface area contributed by atoms with E-state index in [-0.39, 0.29) is 5.56 Å². The molecule has 4 nitrogen and oxygen atoms in total. The third-order valence-electron chi connectivity index (χ3n) is 2.65. The second-order valence-electron chi connectivity index (χ2n) is 4.00. The monoisotopic (exact) mass is 349 g/mol. The van der Waals surface area contributed by atoms with Gasteiger partial charge in [0.2, 0.25) is 0 Å². The Morgan fingerprint density at radius 2 is 2.05 bits per heavy atom. The van der Waals surface area contributed by atoms with E-state index in [1.807, 2.05) is 24.3 Å². The van der Waals surface area contributed by atoms with Gasteiger partial charge in [-0.25, -0.2) is 9.78 Å². The Balaban J connectivity index is 1.92. The summed E-state index contributed by atoms with van der Waals surface area (Å²) in [6, 6.07) is 12.4. The number of rotatable bonds is 3. The molecule has 0 bridgehead atoms. The molecule has 0 radical (unpaired) electrons. The third-order valence-corrected chi connectivity index (χ3v) is 4.49. The summed E-state index contributed by atoms with van der Waals surface area (Å²) in [6.45, 7) is 0. The van der Waals surface area contributed by atoms with Crippen molar-refractivity contribution in [1.29, 1.82) is 0 Å². The standard InChI is InChI=1S/C14H8BrNO3S/c15-9-7-8(13(17)18)5-6-12(9)20-14-16-10-3-1-2-4-11(10)19-14/h1-7H,(H,17,18). The highest BCUT2D eigenvalue weighted by Crippen LogP contribution is 2.35. The van der Waals surface area contributed by atoms with Crippen LogP contribution in [0, 0.1) is 0 Å². The minimum Gasteiger partial charge on any atom is -0.478 e. The number of benzene rings is 2. The van der Waals surface area contributed by atoms with E-state index in [1.165, 1.54) is 11.8 Å². The van der Waals surface area contributed by atoms with Gasteiger partial charge in [0.25, 0.3) is 5.22 Å². The molecule has 0 aliphatic heterocycles. The highest BCUT2D eigenvalue weighted by atomic mass is 79.9. The number of para-hydroxylation sites is 2. The summed E-state index contributed by atoms with van der Waals surface area (Å²) in [5, 5.41) is 9.45. The topological polar surface area (TPSA) is 63.3 Å². The van der Waals surface area contributed by atoms with E-state index in [9.17, 15) is 4.79 Å². The minimum absolute atomic E-state index is 0.235. The van der Waals surface area contributed by atoms with Gasteiger partial charge in [-0.05, 0) is 58.0 Å². The van der Waals surface area contributed by atoms with Crippen LogP contribution in [-0.4, -0.2) is 16.1 Å². The molecule has 0 fully saturated rings. The second-order valence-corrected chi connectivity index (χ2v) is 5.85. The van der Waals surface area contributed by atoms with Crippen LogP contribution in [0.25, 0.3) is 11.1 Å². The molecule has 0 saturated carbocycles. The number of aromatic carboxylic acids is 1. The quantitative estimate of drug-likeness (QED) is 0.757. The second kappa shape index (κ2) is 5.30. The number of carbonyl (C=O) groups is 1. The van der Waals surface area contributed by atoms with Gasteiger partial charge in [-0.2, -0.15) is 0 Å². The van der Waals surface area contributed by atoms with Gasteiger partial charge in [-0.3, -0.25) is 0 Å². The number of carboxylic acids is 1. The van der Waals surface area contributed by atoms with Gasteiger partial charge in [0.1, 0.15) is 5.52 Å². The zero-order valence-electron chi connectivity index (χ0n) is 10.0. The first-order valence-electron chi connectivity index (χ1n) is 5.70. The van der Waals surface area contributed by atoms with E-state index < -0.39 is 5.97 Å². The number of aromatic nitrogens is 1. The summed E-state index contributed by atoms with van der Waals surface area (Å²) in [7, 11) is 0. The van der Waals surface area contributed by atoms with E-state index in [0.29, 0.717) is 9.70 Å². The molecule has 2 aromatic carbocycles. The molecule has 20 heavy (non-hydrogen) atoms. The maximum Gasteiger partial charge on any atom is 0.335 e. The molecule has 0 unspecified atom stereocenters. The first kappa shape index (κ1) is 13.2. The molecule has 0 saturated heterocycles. The lowest BCUT2D eigenvalue weighted by molar-refractivity contribution is 0.0696. The van der Waals surface area contributed by atoms with E-state index in [4.69, 9.17) is 9.52 Å². The van der Waals surface area contributed by atoms with Crippen LogP contribution in [0.5, 0.6) is 0 Å². The molecule has 0 aliphatic carbocycles. The summed E-state index contributed by atoms with van der Waals surface area (Å²) in [5.74, 6) is -0.955. The van der Waals surface area contributed by atoms with Gasteiger partial charge in [-0.1, -0.05) is 12.1 Å². The van der Waals surface area contributed by atoms with Gasteiger partial charge in [0.15, 0.2) is 5.58 Å². The first-order chi connectivity index (χ1) is 9.63. The Kier molecular flexibility index (Phi) is 3.50. The number of carboxylic acid groups (broad SMARTS) is 1. The van der Waals surface area contributed by atoms with Gasteiger partial charge in [-0.15, -0.1) is 0 Å². The minimum atomic E-state index is -0.955. The Bertz CT molecular complexity index is 767. The van der Waals surface area contributed by atoms with Crippen molar-refractivity contribution in [3.63, 3.8) is 0 Å². The fourth-order valence-electron chi connectivity index (χ4n) is 1.71. The zero-order chi connectivity index (χ0) is 14.1. The average Bonchev–Trinajstić information content (AvgIpc) is 2.83. The number of nitrogens with zero attached hydrogens (tertiary/aromatic N) is 1. The summed E-state index contributed by atoms with van der Waals surface area (Å²) in [4.78, 5) is 16.1. The maximum atomic E-state index is 10.9. The normalized spacial score (nSPS) is 10.8. The smallest absolute Gasteiger partial charge is 0.335 e. The number of hydrogen-bond acceptors (Lipinski definition) is 4. The van der Waals surface area contributed by atoms with Crippen LogP contribution < -0.4 is 0 Å². The highest BCUT2D eigenvalue weighted by Gasteiger charge is 2.11. The van der Waals surface area contributed by atoms with Gasteiger partial charge >= 0.3 is 5.97 Å². The van der Waals surface area contributed by atoms with Crippen LogP contribution in [0.2, 0.25) is 0 Å². The van der Waals surface area contributed by atoms with E-state index in [1.54, 1.807) is 18.2 Å². The Morgan fingerprint density at radius 1 is 1.25 bits per heavy atom. The summed E-state index contributed by atoms with van der Waals surface area (Å²) in [5.41, 5.74) is 1.76. The maximum absolute atomic E-state index is 10.9. The number of fused-ring (bicyclic) bond motifs is 1. The Morgan fingerprint density at radius 3 is 2.75 bits per heavy atom. The third kappa shape index (κ3) is 2.57. The van der Waals surface area contributed by atoms with Crippen LogP contribution in [0.15, 0.2) is 61.5 Å². The predicted molar refractivity (Wildman–Crippen MR) is 79.2 cm³/mol. The summed E-state index contributed by atoms with van der Waals surface area (Å²) in [6.07, 6.45) is 0. The van der Waals surface area contributed by atoms with Crippen molar-refractivity contribution >= 4 is 44.8 Å². The molecule has 0 aliphatic rings. The van der Waals surface area contributed by atoms with E-state index in [2.05, 4.69) is 20.9 Å². The predicted octanol–water partition coefficient (Wildman–Crippen LogP) is 4.44. The molecule has 0 amide bonds. The SMILES string of the molecule is O=C(O)c1ccc(Sc2nc3ccccc3o2)c(Br)c1. The first-order valence-corrected chi connectivity index (χ1v) is 7.31. The van der Waals surface area contributed by atoms with Gasteiger partial charge in [0, 0.05) is 9.37 Å². The van der Waals surface area contributed by atoms with Gasteiger partial charge < -0.3 is 9.52 Å². The van der Waals surface area contributed by atoms with Crippen LogP contribution in [0.3, 0.4) is 0 Å².